The standard InChI is InChI=1S/C19H18ClF3N4O3.C2HF3O2/c1-10-7-13(17(30-10)19(21,22)23)18(28)26-11-3-4-15(29-6-5-24)12(8-11)16-14(20)9-25-27(16)2;3-2(4,5)1(6)7/h3-4,7-9H,5-6,24H2,1-2H3,(H,26,28);(H,6,7). The van der Waals surface area contributed by atoms with Crippen molar-refractivity contribution in [3.63, 3.8) is 0 Å². The molecule has 0 fully saturated rings. The molecule has 0 radical (unpaired) electrons. The van der Waals surface area contributed by atoms with Crippen LogP contribution < -0.4 is 15.8 Å². The van der Waals surface area contributed by atoms with Crippen LogP contribution in [0.2, 0.25) is 5.02 Å². The number of aryl methyl sites for hydroxylation is 2. The van der Waals surface area contributed by atoms with Gasteiger partial charge in [-0.3, -0.25) is 9.48 Å². The highest BCUT2D eigenvalue weighted by Crippen LogP contribution is 2.37. The minimum absolute atomic E-state index is 0.0274. The van der Waals surface area contributed by atoms with Crippen molar-refractivity contribution in [3.8, 4) is 17.0 Å². The number of carboxylic acid groups (broad SMARTS) is 1. The fraction of sp³-hybridized carbons (Fsp3) is 0.286. The number of alkyl halides is 6. The van der Waals surface area contributed by atoms with Crippen LogP contribution in [0.25, 0.3) is 11.3 Å². The lowest BCUT2D eigenvalue weighted by Crippen LogP contribution is -2.21. The summed E-state index contributed by atoms with van der Waals surface area (Å²) in [5.41, 5.74) is 6.12. The maximum Gasteiger partial charge on any atom is 0.490 e. The van der Waals surface area contributed by atoms with E-state index in [0.717, 1.165) is 6.07 Å². The molecule has 2 aromatic heterocycles. The van der Waals surface area contributed by atoms with Gasteiger partial charge in [-0.05, 0) is 31.2 Å². The van der Waals surface area contributed by atoms with Crippen LogP contribution in [0.1, 0.15) is 21.9 Å². The van der Waals surface area contributed by atoms with Gasteiger partial charge in [0.2, 0.25) is 5.76 Å². The van der Waals surface area contributed by atoms with E-state index in [1.807, 2.05) is 0 Å². The van der Waals surface area contributed by atoms with Crippen LogP contribution in [-0.2, 0) is 18.0 Å². The highest BCUT2D eigenvalue weighted by atomic mass is 35.5. The Kier molecular flexibility index (Phi) is 9.22. The second-order valence-corrected chi connectivity index (χ2v) is 7.57. The van der Waals surface area contributed by atoms with Crippen molar-refractivity contribution < 1.29 is 50.2 Å². The fourth-order valence-electron chi connectivity index (χ4n) is 2.89. The first-order chi connectivity index (χ1) is 17.1. The Balaban J connectivity index is 0.000000604. The molecule has 2 heterocycles. The van der Waals surface area contributed by atoms with Crippen LogP contribution >= 0.6 is 11.6 Å². The van der Waals surface area contributed by atoms with Gasteiger partial charge in [-0.2, -0.15) is 31.4 Å². The number of rotatable bonds is 6. The molecule has 3 aromatic rings. The Morgan fingerprint density at radius 1 is 1.22 bits per heavy atom. The molecule has 16 heteroatoms. The highest BCUT2D eigenvalue weighted by Gasteiger charge is 2.40. The smallest absolute Gasteiger partial charge is 0.490 e. The molecule has 202 valence electrons. The Morgan fingerprint density at radius 2 is 1.84 bits per heavy atom. The number of hydrogen-bond donors (Lipinski definition) is 3. The zero-order chi connectivity index (χ0) is 28.1. The van der Waals surface area contributed by atoms with Crippen molar-refractivity contribution >= 4 is 29.2 Å². The molecule has 0 atom stereocenters. The van der Waals surface area contributed by atoms with E-state index < -0.39 is 35.6 Å². The number of furan rings is 1. The molecule has 0 saturated heterocycles. The number of nitrogens with one attached hydrogen (secondary N) is 1. The number of hydrogen-bond acceptors (Lipinski definition) is 6. The summed E-state index contributed by atoms with van der Waals surface area (Å²) in [5.74, 6) is -4.67. The SMILES string of the molecule is Cc1cc(C(=O)Nc2ccc(OCCN)c(-c3c(Cl)cnn3C)c2)c(C(F)(F)F)o1.O=C(O)C(F)(F)F. The van der Waals surface area contributed by atoms with E-state index in [1.54, 1.807) is 13.1 Å². The molecule has 4 N–H and O–H groups in total. The molecule has 1 aromatic carbocycles. The molecule has 37 heavy (non-hydrogen) atoms. The predicted molar refractivity (Wildman–Crippen MR) is 118 cm³/mol. The van der Waals surface area contributed by atoms with E-state index in [4.69, 9.17) is 32.0 Å². The molecule has 1 amide bonds. The van der Waals surface area contributed by atoms with Gasteiger partial charge in [0.05, 0.1) is 22.5 Å². The van der Waals surface area contributed by atoms with Crippen molar-refractivity contribution in [2.24, 2.45) is 12.8 Å². The van der Waals surface area contributed by atoms with Crippen LogP contribution in [0.4, 0.5) is 32.0 Å². The largest absolute Gasteiger partial charge is 0.492 e. The monoisotopic (exact) mass is 556 g/mol. The maximum atomic E-state index is 13.1. The second kappa shape index (κ2) is 11.6. The zero-order valence-electron chi connectivity index (χ0n) is 19.0. The maximum absolute atomic E-state index is 13.1. The summed E-state index contributed by atoms with van der Waals surface area (Å²) in [6, 6.07) is 5.63. The van der Waals surface area contributed by atoms with Crippen molar-refractivity contribution in [3.05, 3.63) is 52.6 Å². The Labute approximate surface area is 209 Å². The first-order valence-corrected chi connectivity index (χ1v) is 10.4. The lowest BCUT2D eigenvalue weighted by molar-refractivity contribution is -0.192. The van der Waals surface area contributed by atoms with Gasteiger partial charge >= 0.3 is 18.3 Å². The first-order valence-electron chi connectivity index (χ1n) is 10.00. The summed E-state index contributed by atoms with van der Waals surface area (Å²) >= 11 is 6.22. The minimum atomic E-state index is -5.08. The summed E-state index contributed by atoms with van der Waals surface area (Å²) in [7, 11) is 1.67. The van der Waals surface area contributed by atoms with E-state index in [-0.39, 0.29) is 24.6 Å². The summed E-state index contributed by atoms with van der Waals surface area (Å²) in [5, 5.41) is 14.0. The van der Waals surface area contributed by atoms with Gasteiger partial charge in [0.1, 0.15) is 18.1 Å². The zero-order valence-corrected chi connectivity index (χ0v) is 19.8. The number of nitrogens with two attached hydrogens (primary N) is 1. The number of carbonyl (C=O) groups is 2. The van der Waals surface area contributed by atoms with Gasteiger partial charge in [-0.25, -0.2) is 4.79 Å². The van der Waals surface area contributed by atoms with E-state index in [1.165, 1.54) is 29.9 Å². The van der Waals surface area contributed by atoms with Gasteiger partial charge < -0.3 is 25.3 Å². The third-order valence-corrected chi connectivity index (χ3v) is 4.64. The number of nitrogens with zero attached hydrogens (tertiary/aromatic N) is 2. The van der Waals surface area contributed by atoms with Gasteiger partial charge in [0, 0.05) is 24.8 Å². The van der Waals surface area contributed by atoms with Gasteiger partial charge in [0.15, 0.2) is 0 Å². The van der Waals surface area contributed by atoms with Crippen molar-refractivity contribution in [1.82, 2.24) is 9.78 Å². The first kappa shape index (κ1) is 29.5. The number of amides is 1. The molecule has 0 saturated carbocycles. The number of benzene rings is 1. The van der Waals surface area contributed by atoms with E-state index in [0.29, 0.717) is 22.0 Å². The highest BCUT2D eigenvalue weighted by molar-refractivity contribution is 6.33. The molecule has 0 unspecified atom stereocenters. The number of aliphatic carboxylic acids is 1. The quantitative estimate of drug-likeness (QED) is 0.368. The van der Waals surface area contributed by atoms with Gasteiger partial charge in [0.25, 0.3) is 5.91 Å². The lowest BCUT2D eigenvalue weighted by Gasteiger charge is -2.14. The van der Waals surface area contributed by atoms with E-state index >= 15 is 0 Å². The molecule has 0 aliphatic rings. The van der Waals surface area contributed by atoms with Crippen molar-refractivity contribution in [1.29, 1.82) is 0 Å². The Bertz CT molecular complexity index is 1250. The number of anilines is 1. The molecule has 0 bridgehead atoms. The number of aromatic nitrogens is 2. The van der Waals surface area contributed by atoms with Crippen LogP contribution in [0.15, 0.2) is 34.9 Å². The van der Waals surface area contributed by atoms with Crippen LogP contribution in [0.3, 0.4) is 0 Å². The molecular formula is C21H19ClF6N4O5. The topological polar surface area (TPSA) is 133 Å². The molecule has 0 aliphatic heterocycles. The summed E-state index contributed by atoms with van der Waals surface area (Å²) < 4.78 is 83.0. The van der Waals surface area contributed by atoms with Crippen molar-refractivity contribution in [2.45, 2.75) is 19.3 Å². The predicted octanol–water partition coefficient (Wildman–Crippen LogP) is 4.88. The second-order valence-electron chi connectivity index (χ2n) is 7.17. The molecule has 0 spiro atoms. The number of carbonyl (C=O) groups excluding carboxylic acids is 1. The summed E-state index contributed by atoms with van der Waals surface area (Å²) in [4.78, 5) is 21.4. The molecule has 3 rings (SSSR count). The molecular weight excluding hydrogens is 538 g/mol. The fourth-order valence-corrected chi connectivity index (χ4v) is 3.16. The van der Waals surface area contributed by atoms with E-state index in [9.17, 15) is 31.1 Å². The Morgan fingerprint density at radius 3 is 2.32 bits per heavy atom. The third-order valence-electron chi connectivity index (χ3n) is 4.36. The van der Waals surface area contributed by atoms with Crippen molar-refractivity contribution in [2.75, 3.05) is 18.5 Å². The van der Waals surface area contributed by atoms with Crippen LogP contribution in [-0.4, -0.2) is 46.1 Å². The normalized spacial score (nSPS) is 11.5. The van der Waals surface area contributed by atoms with Gasteiger partial charge in [-0.15, -0.1) is 0 Å². The Hall–Kier alpha value is -3.72. The average Bonchev–Trinajstić information content (AvgIpc) is 3.34. The molecule has 0 aliphatic carbocycles. The molecule has 9 nitrogen and oxygen atoms in total. The summed E-state index contributed by atoms with van der Waals surface area (Å²) in [6.45, 7) is 1.84. The van der Waals surface area contributed by atoms with Crippen LogP contribution in [0, 0.1) is 6.92 Å². The van der Waals surface area contributed by atoms with Gasteiger partial charge in [-0.1, -0.05) is 11.6 Å². The minimum Gasteiger partial charge on any atom is -0.492 e. The van der Waals surface area contributed by atoms with Crippen LogP contribution in [0.5, 0.6) is 5.75 Å². The average molecular weight is 557 g/mol. The summed E-state index contributed by atoms with van der Waals surface area (Å²) in [6.07, 6.45) is -8.44. The number of carboxylic acids is 1. The van der Waals surface area contributed by atoms with E-state index in [2.05, 4.69) is 14.8 Å². The number of ether oxygens (including phenoxy) is 1. The lowest BCUT2D eigenvalue weighted by atomic mass is 10.1. The third kappa shape index (κ3) is 7.63. The number of halogens is 7.